The lowest BCUT2D eigenvalue weighted by molar-refractivity contribution is 0.696. The minimum atomic E-state index is 0.0847. The molecule has 0 aliphatic carbocycles. The molecule has 0 fully saturated rings. The van der Waals surface area contributed by atoms with Crippen LogP contribution < -0.4 is 10.6 Å². The molecule has 0 saturated heterocycles. The molecule has 0 radical (unpaired) electrons. The van der Waals surface area contributed by atoms with E-state index in [0.29, 0.717) is 6.54 Å². The van der Waals surface area contributed by atoms with Gasteiger partial charge in [-0.25, -0.2) is 0 Å². The van der Waals surface area contributed by atoms with Crippen LogP contribution in [0.5, 0.6) is 0 Å². The summed E-state index contributed by atoms with van der Waals surface area (Å²) in [5.74, 6) is 2.64. The lowest BCUT2D eigenvalue weighted by atomic mass is 10.0. The van der Waals surface area contributed by atoms with E-state index in [1.165, 1.54) is 0 Å². The first kappa shape index (κ1) is 11.6. The molecule has 0 aliphatic rings. The van der Waals surface area contributed by atoms with Crippen LogP contribution in [0.4, 0.5) is 5.69 Å². The highest BCUT2D eigenvalue weighted by Crippen LogP contribution is 2.25. The van der Waals surface area contributed by atoms with E-state index in [-0.39, 0.29) is 6.04 Å². The quantitative estimate of drug-likeness (QED) is 0.758. The Morgan fingerprint density at radius 2 is 2.13 bits per heavy atom. The zero-order valence-electron chi connectivity index (χ0n) is 9.40. The Balaban J connectivity index is 3.01. The maximum Gasteiger partial charge on any atom is 0.0788 e. The molecule has 0 heterocycles. The fourth-order valence-corrected chi connectivity index (χ4v) is 1.59. The number of rotatable bonds is 4. The van der Waals surface area contributed by atoms with Crippen LogP contribution in [0.25, 0.3) is 0 Å². The fourth-order valence-electron chi connectivity index (χ4n) is 1.59. The Morgan fingerprint density at radius 3 is 2.73 bits per heavy atom. The number of anilines is 1. The van der Waals surface area contributed by atoms with Crippen molar-refractivity contribution in [1.29, 1.82) is 0 Å². The van der Waals surface area contributed by atoms with Gasteiger partial charge in [-0.05, 0) is 18.1 Å². The molecule has 0 amide bonds. The van der Waals surface area contributed by atoms with Gasteiger partial charge < -0.3 is 10.6 Å². The third kappa shape index (κ3) is 2.74. The first-order valence-corrected chi connectivity index (χ1v) is 5.19. The highest BCUT2D eigenvalue weighted by molar-refractivity contribution is 5.55. The second kappa shape index (κ2) is 5.43. The predicted molar refractivity (Wildman–Crippen MR) is 65.8 cm³/mol. The molecule has 15 heavy (non-hydrogen) atoms. The van der Waals surface area contributed by atoms with E-state index < -0.39 is 0 Å². The van der Waals surface area contributed by atoms with Crippen LogP contribution in [-0.4, -0.2) is 13.6 Å². The van der Waals surface area contributed by atoms with E-state index in [2.05, 4.69) is 25.0 Å². The molecule has 0 unspecified atom stereocenters. The summed E-state index contributed by atoms with van der Waals surface area (Å²) in [4.78, 5) is 2.05. The number of para-hydroxylation sites is 1. The summed E-state index contributed by atoms with van der Waals surface area (Å²) in [6.07, 6.45) is 6.23. The van der Waals surface area contributed by atoms with Gasteiger partial charge in [-0.1, -0.05) is 31.0 Å². The molecule has 1 rings (SSSR count). The third-order valence-corrected chi connectivity index (χ3v) is 2.52. The van der Waals surface area contributed by atoms with Gasteiger partial charge >= 0.3 is 0 Å². The molecule has 0 saturated carbocycles. The summed E-state index contributed by atoms with van der Waals surface area (Å²) in [6.45, 7) is 2.69. The number of benzene rings is 1. The van der Waals surface area contributed by atoms with Crippen molar-refractivity contribution in [3.63, 3.8) is 0 Å². The van der Waals surface area contributed by atoms with Gasteiger partial charge in [0, 0.05) is 18.8 Å². The van der Waals surface area contributed by atoms with Crippen molar-refractivity contribution in [1.82, 2.24) is 0 Å². The maximum absolute atomic E-state index is 6.05. The molecule has 1 atom stereocenters. The Kier molecular flexibility index (Phi) is 4.20. The molecule has 0 spiro atoms. The van der Waals surface area contributed by atoms with Gasteiger partial charge in [-0.3, -0.25) is 0 Å². The summed E-state index contributed by atoms with van der Waals surface area (Å²) in [7, 11) is 1.99. The molecule has 2 heteroatoms. The van der Waals surface area contributed by atoms with Gasteiger partial charge in [0.25, 0.3) is 0 Å². The highest BCUT2D eigenvalue weighted by atomic mass is 15.1. The first-order chi connectivity index (χ1) is 7.20. The molecular weight excluding hydrogens is 184 g/mol. The molecule has 0 bridgehead atoms. The summed E-state index contributed by atoms with van der Waals surface area (Å²) >= 11 is 0. The Labute approximate surface area is 92.1 Å². The van der Waals surface area contributed by atoms with E-state index in [9.17, 15) is 0 Å². The van der Waals surface area contributed by atoms with Crippen molar-refractivity contribution in [2.45, 2.75) is 19.4 Å². The van der Waals surface area contributed by atoms with Gasteiger partial charge in [0.1, 0.15) is 0 Å². The molecule has 0 aromatic heterocycles. The smallest absolute Gasteiger partial charge is 0.0788 e. The highest BCUT2D eigenvalue weighted by Gasteiger charge is 2.10. The fraction of sp³-hybridized carbons (Fsp3) is 0.385. The van der Waals surface area contributed by atoms with Crippen molar-refractivity contribution >= 4 is 5.69 Å². The summed E-state index contributed by atoms with van der Waals surface area (Å²) in [5.41, 5.74) is 8.34. The number of terminal acetylenes is 1. The van der Waals surface area contributed by atoms with Crippen LogP contribution >= 0.6 is 0 Å². The van der Waals surface area contributed by atoms with E-state index in [1.54, 1.807) is 0 Å². The van der Waals surface area contributed by atoms with Crippen LogP contribution in [0.2, 0.25) is 0 Å². The Bertz CT molecular complexity index is 352. The van der Waals surface area contributed by atoms with E-state index in [0.717, 1.165) is 17.7 Å². The van der Waals surface area contributed by atoms with Crippen molar-refractivity contribution in [3.05, 3.63) is 29.8 Å². The van der Waals surface area contributed by atoms with Gasteiger partial charge in [0.2, 0.25) is 0 Å². The lowest BCUT2D eigenvalue weighted by Gasteiger charge is -2.22. The Hall–Kier alpha value is -1.46. The molecule has 2 nitrogen and oxygen atoms in total. The minimum absolute atomic E-state index is 0.0847. The van der Waals surface area contributed by atoms with Crippen LogP contribution in [0.3, 0.4) is 0 Å². The number of nitrogens with two attached hydrogens (primary N) is 1. The predicted octanol–water partition coefficient (Wildman–Crippen LogP) is 2.17. The van der Waals surface area contributed by atoms with Crippen LogP contribution in [0.15, 0.2) is 24.3 Å². The third-order valence-electron chi connectivity index (χ3n) is 2.52. The monoisotopic (exact) mass is 202 g/mol. The molecule has 1 aromatic rings. The zero-order chi connectivity index (χ0) is 11.3. The van der Waals surface area contributed by atoms with E-state index >= 15 is 0 Å². The standard InChI is InChI=1S/C13H18N2/c1-4-10-15(3)13-9-7-6-8-11(13)12(14)5-2/h1,6-9,12H,5,10,14H2,2-3H3/t12-/m0/s1. The average molecular weight is 202 g/mol. The maximum atomic E-state index is 6.05. The molecule has 80 valence electrons. The molecule has 1 aromatic carbocycles. The normalized spacial score (nSPS) is 11.9. The second-order valence-electron chi connectivity index (χ2n) is 3.63. The number of hydrogen-bond acceptors (Lipinski definition) is 2. The van der Waals surface area contributed by atoms with Gasteiger partial charge in [0.05, 0.1) is 6.54 Å². The summed E-state index contributed by atoms with van der Waals surface area (Å²) in [5, 5.41) is 0. The van der Waals surface area contributed by atoms with Crippen LogP contribution in [-0.2, 0) is 0 Å². The van der Waals surface area contributed by atoms with Crippen molar-refractivity contribution < 1.29 is 0 Å². The molecule has 0 aliphatic heterocycles. The lowest BCUT2D eigenvalue weighted by Crippen LogP contribution is -2.21. The van der Waals surface area contributed by atoms with E-state index in [4.69, 9.17) is 12.2 Å². The average Bonchev–Trinajstić information content (AvgIpc) is 2.28. The SMILES string of the molecule is C#CCN(C)c1ccccc1[C@@H](N)CC. The van der Waals surface area contributed by atoms with Crippen molar-refractivity contribution in [2.24, 2.45) is 5.73 Å². The number of nitrogens with zero attached hydrogens (tertiary/aromatic N) is 1. The second-order valence-corrected chi connectivity index (χ2v) is 3.63. The largest absolute Gasteiger partial charge is 0.363 e. The molecule has 2 N–H and O–H groups in total. The molecular formula is C13H18N2. The van der Waals surface area contributed by atoms with Crippen LogP contribution in [0, 0.1) is 12.3 Å². The summed E-state index contributed by atoms with van der Waals surface area (Å²) < 4.78 is 0. The van der Waals surface area contributed by atoms with Crippen molar-refractivity contribution in [2.75, 3.05) is 18.5 Å². The first-order valence-electron chi connectivity index (χ1n) is 5.19. The van der Waals surface area contributed by atoms with Crippen molar-refractivity contribution in [3.8, 4) is 12.3 Å². The summed E-state index contributed by atoms with van der Waals surface area (Å²) in [6, 6.07) is 8.23. The Morgan fingerprint density at radius 1 is 1.47 bits per heavy atom. The van der Waals surface area contributed by atoms with E-state index in [1.807, 2.05) is 24.1 Å². The zero-order valence-corrected chi connectivity index (χ0v) is 9.40. The van der Waals surface area contributed by atoms with Gasteiger partial charge in [0.15, 0.2) is 0 Å². The minimum Gasteiger partial charge on any atom is -0.363 e. The van der Waals surface area contributed by atoms with Gasteiger partial charge in [-0.15, -0.1) is 6.42 Å². The van der Waals surface area contributed by atoms with Gasteiger partial charge in [-0.2, -0.15) is 0 Å². The van der Waals surface area contributed by atoms with Crippen LogP contribution in [0.1, 0.15) is 24.9 Å². The topological polar surface area (TPSA) is 29.3 Å². The number of hydrogen-bond donors (Lipinski definition) is 1.